The quantitative estimate of drug-likeness (QED) is 0.732. The molecule has 0 bridgehead atoms. The van der Waals surface area contributed by atoms with Crippen molar-refractivity contribution in [2.75, 3.05) is 25.6 Å². The van der Waals surface area contributed by atoms with Crippen molar-refractivity contribution in [2.24, 2.45) is 5.41 Å². The summed E-state index contributed by atoms with van der Waals surface area (Å²) in [4.78, 5) is 11.8. The Labute approximate surface area is 113 Å². The Balaban J connectivity index is 1.88. The van der Waals surface area contributed by atoms with Crippen molar-refractivity contribution in [1.29, 1.82) is 0 Å². The first-order chi connectivity index (χ1) is 9.19. The third-order valence-electron chi connectivity index (χ3n) is 3.48. The van der Waals surface area contributed by atoms with Crippen LogP contribution in [0.3, 0.4) is 0 Å². The Bertz CT molecular complexity index is 444. The van der Waals surface area contributed by atoms with Crippen molar-refractivity contribution in [3.63, 3.8) is 0 Å². The third kappa shape index (κ3) is 3.68. The number of urea groups is 1. The minimum atomic E-state index is -0.247. The molecule has 2 rings (SSSR count). The van der Waals surface area contributed by atoms with Gasteiger partial charge in [0.1, 0.15) is 0 Å². The molecule has 1 aromatic carbocycles. The minimum absolute atomic E-state index is 0.0800. The SMILES string of the molecule is COCc1ccccc1NC(=O)NCC1(CO)CC1. The number of para-hydroxylation sites is 1. The molecule has 1 fully saturated rings. The average molecular weight is 264 g/mol. The molecule has 1 aromatic rings. The summed E-state index contributed by atoms with van der Waals surface area (Å²) < 4.78 is 5.09. The number of benzene rings is 1. The molecule has 0 unspecified atom stereocenters. The van der Waals surface area contributed by atoms with Crippen molar-refractivity contribution in [3.05, 3.63) is 29.8 Å². The van der Waals surface area contributed by atoms with Gasteiger partial charge in [0.05, 0.1) is 13.2 Å². The smallest absolute Gasteiger partial charge is 0.319 e. The number of hydrogen-bond donors (Lipinski definition) is 3. The number of amides is 2. The largest absolute Gasteiger partial charge is 0.396 e. The van der Waals surface area contributed by atoms with Gasteiger partial charge in [0.2, 0.25) is 0 Å². The molecule has 0 spiro atoms. The standard InChI is InChI=1S/C14H20N2O3/c1-19-8-11-4-2-3-5-12(11)16-13(18)15-9-14(10-17)6-7-14/h2-5,17H,6-10H2,1H3,(H2,15,16,18). The highest BCUT2D eigenvalue weighted by atomic mass is 16.5. The van der Waals surface area contributed by atoms with Crippen LogP contribution in [-0.4, -0.2) is 31.4 Å². The maximum Gasteiger partial charge on any atom is 0.319 e. The van der Waals surface area contributed by atoms with Crippen molar-refractivity contribution >= 4 is 11.7 Å². The first kappa shape index (κ1) is 13.8. The van der Waals surface area contributed by atoms with Gasteiger partial charge in [-0.2, -0.15) is 0 Å². The number of aliphatic hydroxyl groups is 1. The Hall–Kier alpha value is -1.59. The Morgan fingerprint density at radius 1 is 1.42 bits per heavy atom. The minimum Gasteiger partial charge on any atom is -0.396 e. The maximum absolute atomic E-state index is 11.8. The summed E-state index contributed by atoms with van der Waals surface area (Å²) in [5.41, 5.74) is 1.60. The van der Waals surface area contributed by atoms with E-state index in [0.29, 0.717) is 13.2 Å². The fourth-order valence-electron chi connectivity index (χ4n) is 1.93. The van der Waals surface area contributed by atoms with Crippen LogP contribution in [0.5, 0.6) is 0 Å². The summed E-state index contributed by atoms with van der Waals surface area (Å²) in [5, 5.41) is 14.8. The zero-order valence-corrected chi connectivity index (χ0v) is 11.1. The molecule has 0 aliphatic heterocycles. The average Bonchev–Trinajstić information content (AvgIpc) is 3.20. The molecule has 2 amide bonds. The van der Waals surface area contributed by atoms with Crippen LogP contribution >= 0.6 is 0 Å². The lowest BCUT2D eigenvalue weighted by atomic mass is 10.1. The topological polar surface area (TPSA) is 70.6 Å². The van der Waals surface area contributed by atoms with Gasteiger partial charge in [-0.3, -0.25) is 0 Å². The van der Waals surface area contributed by atoms with Crippen LogP contribution in [0, 0.1) is 5.41 Å². The van der Waals surface area contributed by atoms with Gasteiger partial charge in [-0.05, 0) is 18.9 Å². The van der Waals surface area contributed by atoms with Crippen molar-refractivity contribution in [2.45, 2.75) is 19.4 Å². The zero-order chi connectivity index (χ0) is 13.7. The molecule has 104 valence electrons. The van der Waals surface area contributed by atoms with Gasteiger partial charge in [0, 0.05) is 30.3 Å². The van der Waals surface area contributed by atoms with Crippen molar-refractivity contribution in [1.82, 2.24) is 5.32 Å². The highest BCUT2D eigenvalue weighted by Gasteiger charge is 2.42. The Kier molecular flexibility index (Phi) is 4.39. The molecule has 5 heteroatoms. The number of anilines is 1. The summed E-state index contributed by atoms with van der Waals surface area (Å²) in [5.74, 6) is 0. The van der Waals surface area contributed by atoms with E-state index in [-0.39, 0.29) is 18.1 Å². The third-order valence-corrected chi connectivity index (χ3v) is 3.48. The first-order valence-electron chi connectivity index (χ1n) is 6.42. The van der Waals surface area contributed by atoms with Gasteiger partial charge in [-0.1, -0.05) is 18.2 Å². The molecule has 3 N–H and O–H groups in total. The molecular weight excluding hydrogens is 244 g/mol. The molecule has 0 heterocycles. The van der Waals surface area contributed by atoms with E-state index in [0.717, 1.165) is 24.1 Å². The second-order valence-electron chi connectivity index (χ2n) is 5.06. The van der Waals surface area contributed by atoms with Gasteiger partial charge in [-0.25, -0.2) is 4.79 Å². The highest BCUT2D eigenvalue weighted by molar-refractivity contribution is 5.90. The van der Waals surface area contributed by atoms with E-state index in [1.165, 1.54) is 0 Å². The molecule has 0 radical (unpaired) electrons. The fraction of sp³-hybridized carbons (Fsp3) is 0.500. The van der Waals surface area contributed by atoms with Crippen LogP contribution in [0.1, 0.15) is 18.4 Å². The van der Waals surface area contributed by atoms with Crippen LogP contribution in [0.15, 0.2) is 24.3 Å². The predicted octanol–water partition coefficient (Wildman–Crippen LogP) is 1.73. The lowest BCUT2D eigenvalue weighted by molar-refractivity contribution is 0.185. The summed E-state index contributed by atoms with van der Waals surface area (Å²) in [6.45, 7) is 1.10. The van der Waals surface area contributed by atoms with Gasteiger partial charge in [0.15, 0.2) is 0 Å². The normalized spacial score (nSPS) is 15.9. The van der Waals surface area contributed by atoms with E-state index < -0.39 is 0 Å². The monoisotopic (exact) mass is 264 g/mol. The fourth-order valence-corrected chi connectivity index (χ4v) is 1.93. The van der Waals surface area contributed by atoms with Gasteiger partial charge in [-0.15, -0.1) is 0 Å². The molecule has 5 nitrogen and oxygen atoms in total. The van der Waals surface area contributed by atoms with E-state index in [1.807, 2.05) is 24.3 Å². The van der Waals surface area contributed by atoms with E-state index in [9.17, 15) is 9.90 Å². The highest BCUT2D eigenvalue weighted by Crippen LogP contribution is 2.44. The Morgan fingerprint density at radius 3 is 2.79 bits per heavy atom. The van der Waals surface area contributed by atoms with Crippen LogP contribution < -0.4 is 10.6 Å². The molecule has 1 aliphatic rings. The molecule has 19 heavy (non-hydrogen) atoms. The van der Waals surface area contributed by atoms with Crippen LogP contribution in [0.2, 0.25) is 0 Å². The number of methoxy groups -OCH3 is 1. The van der Waals surface area contributed by atoms with Gasteiger partial charge in [0.25, 0.3) is 0 Å². The number of ether oxygens (including phenoxy) is 1. The van der Waals surface area contributed by atoms with Crippen LogP contribution in [0.4, 0.5) is 10.5 Å². The zero-order valence-electron chi connectivity index (χ0n) is 11.1. The predicted molar refractivity (Wildman–Crippen MR) is 72.9 cm³/mol. The van der Waals surface area contributed by atoms with E-state index in [4.69, 9.17) is 4.74 Å². The number of rotatable bonds is 6. The van der Waals surface area contributed by atoms with Crippen LogP contribution in [0.25, 0.3) is 0 Å². The lowest BCUT2D eigenvalue weighted by Crippen LogP contribution is -2.35. The molecule has 0 saturated heterocycles. The first-order valence-corrected chi connectivity index (χ1v) is 6.42. The Morgan fingerprint density at radius 2 is 2.16 bits per heavy atom. The summed E-state index contributed by atoms with van der Waals surface area (Å²) in [7, 11) is 1.62. The molecule has 0 aromatic heterocycles. The number of aliphatic hydroxyl groups excluding tert-OH is 1. The number of carbonyl (C=O) groups excluding carboxylic acids is 1. The lowest BCUT2D eigenvalue weighted by Gasteiger charge is -2.15. The summed E-state index contributed by atoms with van der Waals surface area (Å²) in [6, 6.07) is 7.28. The second kappa shape index (κ2) is 6.04. The number of nitrogens with one attached hydrogen (secondary N) is 2. The molecular formula is C14H20N2O3. The molecule has 1 saturated carbocycles. The summed E-state index contributed by atoms with van der Waals surface area (Å²) >= 11 is 0. The van der Waals surface area contributed by atoms with E-state index >= 15 is 0 Å². The second-order valence-corrected chi connectivity index (χ2v) is 5.06. The van der Waals surface area contributed by atoms with Gasteiger partial charge < -0.3 is 20.5 Å². The van der Waals surface area contributed by atoms with E-state index in [1.54, 1.807) is 7.11 Å². The van der Waals surface area contributed by atoms with Crippen molar-refractivity contribution in [3.8, 4) is 0 Å². The molecule has 1 aliphatic carbocycles. The van der Waals surface area contributed by atoms with Crippen molar-refractivity contribution < 1.29 is 14.6 Å². The van der Waals surface area contributed by atoms with Gasteiger partial charge >= 0.3 is 6.03 Å². The number of carbonyl (C=O) groups is 1. The van der Waals surface area contributed by atoms with Crippen LogP contribution in [-0.2, 0) is 11.3 Å². The summed E-state index contributed by atoms with van der Waals surface area (Å²) in [6.07, 6.45) is 1.95. The van der Waals surface area contributed by atoms with E-state index in [2.05, 4.69) is 10.6 Å². The maximum atomic E-state index is 11.8. The number of hydrogen-bond acceptors (Lipinski definition) is 3. The molecule has 0 atom stereocenters.